The zero-order chi connectivity index (χ0) is 13.8. The standard InChI is InChI=1S/C16H23NO2/c1-2-3-13-19-14-7-12-17-16(18)11-10-15-8-5-4-6-9-15/h4-6,8-11H,2-3,7,12-14H2,1H3,(H,17,18). The number of ether oxygens (including phenoxy) is 1. The first-order chi connectivity index (χ1) is 9.33. The lowest BCUT2D eigenvalue weighted by Gasteiger charge is -2.03. The molecule has 0 aliphatic rings. The highest BCUT2D eigenvalue weighted by molar-refractivity contribution is 5.91. The van der Waals surface area contributed by atoms with Gasteiger partial charge in [-0.25, -0.2) is 0 Å². The summed E-state index contributed by atoms with van der Waals surface area (Å²) in [5.41, 5.74) is 1.03. The molecule has 0 fully saturated rings. The minimum absolute atomic E-state index is 0.0580. The molecule has 1 aromatic rings. The molecule has 0 aliphatic carbocycles. The van der Waals surface area contributed by atoms with Gasteiger partial charge in [-0.1, -0.05) is 43.7 Å². The van der Waals surface area contributed by atoms with Gasteiger partial charge in [0, 0.05) is 25.8 Å². The van der Waals surface area contributed by atoms with Crippen LogP contribution in [0.25, 0.3) is 6.08 Å². The van der Waals surface area contributed by atoms with Crippen LogP contribution < -0.4 is 5.32 Å². The number of nitrogens with one attached hydrogen (secondary N) is 1. The van der Waals surface area contributed by atoms with Gasteiger partial charge in [-0.2, -0.15) is 0 Å². The lowest BCUT2D eigenvalue weighted by molar-refractivity contribution is -0.116. The highest BCUT2D eigenvalue weighted by Crippen LogP contribution is 2.00. The van der Waals surface area contributed by atoms with E-state index in [-0.39, 0.29) is 5.91 Å². The highest BCUT2D eigenvalue weighted by Gasteiger charge is 1.95. The largest absolute Gasteiger partial charge is 0.381 e. The molecular formula is C16H23NO2. The number of amides is 1. The summed E-state index contributed by atoms with van der Waals surface area (Å²) in [4.78, 5) is 11.5. The van der Waals surface area contributed by atoms with Gasteiger partial charge in [0.25, 0.3) is 0 Å². The lowest BCUT2D eigenvalue weighted by Crippen LogP contribution is -2.23. The molecule has 104 valence electrons. The van der Waals surface area contributed by atoms with Crippen molar-refractivity contribution in [3.63, 3.8) is 0 Å². The number of carbonyl (C=O) groups excluding carboxylic acids is 1. The molecule has 3 nitrogen and oxygen atoms in total. The van der Waals surface area contributed by atoms with Crippen molar-refractivity contribution >= 4 is 12.0 Å². The molecule has 0 heterocycles. The smallest absolute Gasteiger partial charge is 0.244 e. The van der Waals surface area contributed by atoms with Crippen molar-refractivity contribution in [1.29, 1.82) is 0 Å². The SMILES string of the molecule is CCCCOCCCNC(=O)C=Cc1ccccc1. The average molecular weight is 261 g/mol. The van der Waals surface area contributed by atoms with E-state index in [0.29, 0.717) is 13.2 Å². The molecule has 0 spiro atoms. The number of hydrogen-bond donors (Lipinski definition) is 1. The fraction of sp³-hybridized carbons (Fsp3) is 0.438. The van der Waals surface area contributed by atoms with Gasteiger partial charge in [-0.05, 0) is 24.5 Å². The maximum absolute atomic E-state index is 11.5. The van der Waals surface area contributed by atoms with Crippen LogP contribution in [0.5, 0.6) is 0 Å². The summed E-state index contributed by atoms with van der Waals surface area (Å²) in [6.07, 6.45) is 6.49. The summed E-state index contributed by atoms with van der Waals surface area (Å²) in [6.45, 7) is 4.33. The van der Waals surface area contributed by atoms with Crippen LogP contribution in [0, 0.1) is 0 Å². The van der Waals surface area contributed by atoms with Gasteiger partial charge in [0.2, 0.25) is 5.91 Å². The Morgan fingerprint density at radius 2 is 1.95 bits per heavy atom. The van der Waals surface area contributed by atoms with Gasteiger partial charge in [0.05, 0.1) is 0 Å². The van der Waals surface area contributed by atoms with Crippen molar-refractivity contribution in [2.24, 2.45) is 0 Å². The van der Waals surface area contributed by atoms with Crippen molar-refractivity contribution in [3.05, 3.63) is 42.0 Å². The lowest BCUT2D eigenvalue weighted by atomic mass is 10.2. The second-order valence-electron chi connectivity index (χ2n) is 4.35. The maximum Gasteiger partial charge on any atom is 0.244 e. The predicted octanol–water partition coefficient (Wildman–Crippen LogP) is 3.02. The van der Waals surface area contributed by atoms with Crippen molar-refractivity contribution in [3.8, 4) is 0 Å². The Balaban J connectivity index is 2.07. The summed E-state index contributed by atoms with van der Waals surface area (Å²) < 4.78 is 5.42. The first-order valence-corrected chi connectivity index (χ1v) is 6.91. The Morgan fingerprint density at radius 3 is 2.68 bits per heavy atom. The van der Waals surface area contributed by atoms with Crippen molar-refractivity contribution < 1.29 is 9.53 Å². The summed E-state index contributed by atoms with van der Waals surface area (Å²) in [5.74, 6) is -0.0580. The number of carbonyl (C=O) groups is 1. The summed E-state index contributed by atoms with van der Waals surface area (Å²) in [5, 5.41) is 2.84. The van der Waals surface area contributed by atoms with Crippen molar-refractivity contribution in [1.82, 2.24) is 5.32 Å². The Bertz CT molecular complexity index is 374. The normalized spacial score (nSPS) is 10.8. The van der Waals surface area contributed by atoms with Crippen LogP contribution in [0.15, 0.2) is 36.4 Å². The quantitative estimate of drug-likeness (QED) is 0.548. The molecule has 1 aromatic carbocycles. The van der Waals surface area contributed by atoms with E-state index in [1.165, 1.54) is 0 Å². The second-order valence-corrected chi connectivity index (χ2v) is 4.35. The molecule has 0 radical (unpaired) electrons. The van der Waals surface area contributed by atoms with Gasteiger partial charge >= 0.3 is 0 Å². The van der Waals surface area contributed by atoms with Crippen LogP contribution in [0.4, 0.5) is 0 Å². The molecule has 0 bridgehead atoms. The number of unbranched alkanes of at least 4 members (excludes halogenated alkanes) is 1. The third kappa shape index (κ3) is 8.16. The second kappa shape index (κ2) is 10.3. The van der Waals surface area contributed by atoms with E-state index in [2.05, 4.69) is 12.2 Å². The summed E-state index contributed by atoms with van der Waals surface area (Å²) >= 11 is 0. The van der Waals surface area contributed by atoms with E-state index in [1.54, 1.807) is 6.08 Å². The van der Waals surface area contributed by atoms with Crippen LogP contribution >= 0.6 is 0 Å². The van der Waals surface area contributed by atoms with Crippen LogP contribution in [-0.4, -0.2) is 25.7 Å². The third-order valence-electron chi connectivity index (χ3n) is 2.63. The fourth-order valence-electron chi connectivity index (χ4n) is 1.53. The van der Waals surface area contributed by atoms with Crippen LogP contribution in [0.1, 0.15) is 31.7 Å². The van der Waals surface area contributed by atoms with E-state index >= 15 is 0 Å². The van der Waals surface area contributed by atoms with Crippen molar-refractivity contribution in [2.75, 3.05) is 19.8 Å². The topological polar surface area (TPSA) is 38.3 Å². The van der Waals surface area contributed by atoms with Gasteiger partial charge in [-0.3, -0.25) is 4.79 Å². The molecule has 1 rings (SSSR count). The molecule has 0 atom stereocenters. The molecular weight excluding hydrogens is 238 g/mol. The van der Waals surface area contributed by atoms with Crippen LogP contribution in [-0.2, 0) is 9.53 Å². The Morgan fingerprint density at radius 1 is 1.21 bits per heavy atom. The summed E-state index contributed by atoms with van der Waals surface area (Å²) in [6, 6.07) is 9.78. The van der Waals surface area contributed by atoms with Gasteiger partial charge in [-0.15, -0.1) is 0 Å². The monoisotopic (exact) mass is 261 g/mol. The number of hydrogen-bond acceptors (Lipinski definition) is 2. The average Bonchev–Trinajstić information content (AvgIpc) is 2.45. The Kier molecular flexibility index (Phi) is 8.39. The Hall–Kier alpha value is -1.61. The van der Waals surface area contributed by atoms with E-state index in [4.69, 9.17) is 4.74 Å². The minimum atomic E-state index is -0.0580. The van der Waals surface area contributed by atoms with Crippen molar-refractivity contribution in [2.45, 2.75) is 26.2 Å². The molecule has 0 aliphatic heterocycles. The van der Waals surface area contributed by atoms with Gasteiger partial charge < -0.3 is 10.1 Å². The first kappa shape index (κ1) is 15.4. The minimum Gasteiger partial charge on any atom is -0.381 e. The molecule has 3 heteroatoms. The highest BCUT2D eigenvalue weighted by atomic mass is 16.5. The molecule has 0 saturated carbocycles. The predicted molar refractivity (Wildman–Crippen MR) is 78.8 cm³/mol. The molecule has 19 heavy (non-hydrogen) atoms. The zero-order valence-electron chi connectivity index (χ0n) is 11.6. The summed E-state index contributed by atoms with van der Waals surface area (Å²) in [7, 11) is 0. The third-order valence-corrected chi connectivity index (χ3v) is 2.63. The van der Waals surface area contributed by atoms with E-state index in [9.17, 15) is 4.79 Å². The van der Waals surface area contributed by atoms with Gasteiger partial charge in [0.15, 0.2) is 0 Å². The Labute approximate surface area is 115 Å². The van der Waals surface area contributed by atoms with E-state index in [0.717, 1.165) is 31.4 Å². The fourth-order valence-corrected chi connectivity index (χ4v) is 1.53. The molecule has 1 N–H and O–H groups in total. The molecule has 1 amide bonds. The number of benzene rings is 1. The number of rotatable bonds is 9. The maximum atomic E-state index is 11.5. The first-order valence-electron chi connectivity index (χ1n) is 6.91. The van der Waals surface area contributed by atoms with E-state index in [1.807, 2.05) is 36.4 Å². The van der Waals surface area contributed by atoms with Crippen LogP contribution in [0.3, 0.4) is 0 Å². The molecule has 0 saturated heterocycles. The van der Waals surface area contributed by atoms with E-state index < -0.39 is 0 Å². The molecule has 0 aromatic heterocycles. The zero-order valence-corrected chi connectivity index (χ0v) is 11.6. The van der Waals surface area contributed by atoms with Gasteiger partial charge in [0.1, 0.15) is 0 Å². The van der Waals surface area contributed by atoms with Crippen LogP contribution in [0.2, 0.25) is 0 Å². The molecule has 0 unspecified atom stereocenters.